The molecule has 0 aromatic carbocycles. The van der Waals surface area contributed by atoms with Crippen LogP contribution in [0.1, 0.15) is 27.7 Å². The summed E-state index contributed by atoms with van der Waals surface area (Å²) in [5.74, 6) is 0. The Kier molecular flexibility index (Phi) is 6.99. The number of hydrogen-bond donors (Lipinski definition) is 0. The van der Waals surface area contributed by atoms with E-state index in [4.69, 9.17) is 0 Å². The molecule has 0 N–H and O–H groups in total. The van der Waals surface area contributed by atoms with Gasteiger partial charge in [0, 0.05) is 12.1 Å². The van der Waals surface area contributed by atoms with E-state index < -0.39 is 0 Å². The van der Waals surface area contributed by atoms with Crippen molar-refractivity contribution in [3.05, 3.63) is 0 Å². The lowest BCUT2D eigenvalue weighted by Crippen LogP contribution is -2.32. The average Bonchev–Trinajstić information content (AvgIpc) is 1.64. The largest absolute Gasteiger partial charge is 0.302 e. The fraction of sp³-hybridized carbons (Fsp3) is 1.00. The normalized spacial score (nSPS) is 10.7. The van der Waals surface area contributed by atoms with Crippen molar-refractivity contribution in [1.29, 1.82) is 0 Å². The Balaban J connectivity index is 0. The molecule has 1 unspecified atom stereocenters. The van der Waals surface area contributed by atoms with Crippen LogP contribution in [0.25, 0.3) is 0 Å². The van der Waals surface area contributed by atoms with E-state index in [-0.39, 0.29) is 9.90 Å². The standard InChI is InChI=1S/C7H17N.H3P/c1-6(2)8(5)7(3)4;/h6-7H,1-5H3;1H3. The van der Waals surface area contributed by atoms with Crippen molar-refractivity contribution in [1.82, 2.24) is 4.90 Å². The maximum atomic E-state index is 2.33. The van der Waals surface area contributed by atoms with E-state index in [1.807, 2.05) is 0 Å². The zero-order valence-corrected chi connectivity index (χ0v) is 8.72. The summed E-state index contributed by atoms with van der Waals surface area (Å²) in [6.45, 7) is 8.83. The summed E-state index contributed by atoms with van der Waals surface area (Å²) in [6, 6.07) is 1.35. The van der Waals surface area contributed by atoms with Gasteiger partial charge in [-0.05, 0) is 34.7 Å². The first kappa shape index (κ1) is 12.1. The van der Waals surface area contributed by atoms with Gasteiger partial charge in [-0.3, -0.25) is 0 Å². The molecule has 0 saturated carbocycles. The highest BCUT2D eigenvalue weighted by Crippen LogP contribution is 1.98. The van der Waals surface area contributed by atoms with Crippen molar-refractivity contribution < 1.29 is 0 Å². The van der Waals surface area contributed by atoms with Crippen LogP contribution in [-0.4, -0.2) is 24.0 Å². The van der Waals surface area contributed by atoms with Crippen molar-refractivity contribution in [3.8, 4) is 0 Å². The Hall–Kier alpha value is 0.390. The van der Waals surface area contributed by atoms with E-state index in [0.29, 0.717) is 12.1 Å². The molecule has 1 nitrogen and oxygen atoms in total. The van der Waals surface area contributed by atoms with Crippen molar-refractivity contribution in [3.63, 3.8) is 0 Å². The van der Waals surface area contributed by atoms with Crippen LogP contribution >= 0.6 is 9.90 Å². The van der Waals surface area contributed by atoms with E-state index >= 15 is 0 Å². The van der Waals surface area contributed by atoms with Gasteiger partial charge in [0.2, 0.25) is 0 Å². The highest BCUT2D eigenvalue weighted by Gasteiger charge is 2.04. The van der Waals surface area contributed by atoms with Gasteiger partial charge in [-0.15, -0.1) is 0 Å². The summed E-state index contributed by atoms with van der Waals surface area (Å²) < 4.78 is 0. The lowest BCUT2D eigenvalue weighted by atomic mass is 10.3. The van der Waals surface area contributed by atoms with Gasteiger partial charge < -0.3 is 4.90 Å². The monoisotopic (exact) mass is 149 g/mol. The third-order valence-electron chi connectivity index (χ3n) is 1.63. The summed E-state index contributed by atoms with van der Waals surface area (Å²) >= 11 is 0. The minimum Gasteiger partial charge on any atom is -0.302 e. The Morgan fingerprint density at radius 3 is 1.11 bits per heavy atom. The van der Waals surface area contributed by atoms with Crippen molar-refractivity contribution >= 4 is 9.90 Å². The molecule has 0 heterocycles. The number of rotatable bonds is 2. The molecular formula is C7H20NP. The second-order valence-electron chi connectivity index (χ2n) is 2.85. The minimum atomic E-state index is 0. The molecule has 0 saturated heterocycles. The molecule has 0 spiro atoms. The molecule has 0 aliphatic heterocycles. The summed E-state index contributed by atoms with van der Waals surface area (Å²) in [4.78, 5) is 2.33. The van der Waals surface area contributed by atoms with Gasteiger partial charge >= 0.3 is 0 Å². The number of hydrogen-bond acceptors (Lipinski definition) is 1. The Bertz CT molecular complexity index is 53.9. The van der Waals surface area contributed by atoms with Crippen LogP contribution in [0.3, 0.4) is 0 Å². The molecule has 0 aromatic rings. The lowest BCUT2D eigenvalue weighted by Gasteiger charge is -2.24. The second kappa shape index (κ2) is 5.20. The van der Waals surface area contributed by atoms with Crippen LogP contribution in [-0.2, 0) is 0 Å². The van der Waals surface area contributed by atoms with Crippen LogP contribution in [0.5, 0.6) is 0 Å². The molecule has 0 rings (SSSR count). The topological polar surface area (TPSA) is 3.24 Å². The van der Waals surface area contributed by atoms with Gasteiger partial charge in [-0.25, -0.2) is 0 Å². The van der Waals surface area contributed by atoms with Crippen LogP contribution in [0.15, 0.2) is 0 Å². The maximum Gasteiger partial charge on any atom is 0.00382 e. The zero-order chi connectivity index (χ0) is 6.73. The van der Waals surface area contributed by atoms with Gasteiger partial charge in [0.05, 0.1) is 0 Å². The molecule has 0 aromatic heterocycles. The van der Waals surface area contributed by atoms with Crippen LogP contribution in [0, 0.1) is 0 Å². The molecule has 0 amide bonds. The molecule has 58 valence electrons. The van der Waals surface area contributed by atoms with E-state index in [0.717, 1.165) is 0 Å². The first-order valence-corrected chi connectivity index (χ1v) is 3.27. The van der Waals surface area contributed by atoms with Gasteiger partial charge in [0.1, 0.15) is 0 Å². The van der Waals surface area contributed by atoms with Crippen LogP contribution < -0.4 is 0 Å². The average molecular weight is 149 g/mol. The van der Waals surface area contributed by atoms with Gasteiger partial charge in [0.15, 0.2) is 0 Å². The Morgan fingerprint density at radius 2 is 1.11 bits per heavy atom. The molecule has 9 heavy (non-hydrogen) atoms. The first-order valence-electron chi connectivity index (χ1n) is 3.27. The second-order valence-corrected chi connectivity index (χ2v) is 2.85. The molecule has 0 aliphatic carbocycles. The quantitative estimate of drug-likeness (QED) is 0.541. The van der Waals surface area contributed by atoms with Crippen molar-refractivity contribution in [2.45, 2.75) is 39.8 Å². The fourth-order valence-electron chi connectivity index (χ4n) is 0.596. The smallest absolute Gasteiger partial charge is 0.00382 e. The molecule has 2 heteroatoms. The summed E-state index contributed by atoms with van der Waals surface area (Å²) in [7, 11) is 2.15. The summed E-state index contributed by atoms with van der Waals surface area (Å²) in [6.07, 6.45) is 0. The summed E-state index contributed by atoms with van der Waals surface area (Å²) in [5, 5.41) is 0. The van der Waals surface area contributed by atoms with Gasteiger partial charge in [-0.2, -0.15) is 9.90 Å². The molecule has 0 fully saturated rings. The van der Waals surface area contributed by atoms with Crippen LogP contribution in [0.2, 0.25) is 0 Å². The Morgan fingerprint density at radius 1 is 0.889 bits per heavy atom. The van der Waals surface area contributed by atoms with E-state index in [1.54, 1.807) is 0 Å². The molecule has 0 aliphatic rings. The summed E-state index contributed by atoms with van der Waals surface area (Å²) in [5.41, 5.74) is 0. The predicted octanol–water partition coefficient (Wildman–Crippen LogP) is 1.79. The molecule has 0 bridgehead atoms. The Labute approximate surface area is 62.4 Å². The zero-order valence-electron chi connectivity index (χ0n) is 7.31. The van der Waals surface area contributed by atoms with Gasteiger partial charge in [-0.1, -0.05) is 0 Å². The molecule has 0 radical (unpaired) electrons. The van der Waals surface area contributed by atoms with E-state index in [1.165, 1.54) is 0 Å². The first-order chi connectivity index (χ1) is 3.55. The molecule has 1 atom stereocenters. The highest BCUT2D eigenvalue weighted by molar-refractivity contribution is 6.92. The fourth-order valence-corrected chi connectivity index (χ4v) is 0.596. The maximum absolute atomic E-state index is 2.33. The van der Waals surface area contributed by atoms with Crippen molar-refractivity contribution in [2.75, 3.05) is 7.05 Å². The van der Waals surface area contributed by atoms with Crippen molar-refractivity contribution in [2.24, 2.45) is 0 Å². The lowest BCUT2D eigenvalue weighted by molar-refractivity contribution is 0.222. The van der Waals surface area contributed by atoms with Crippen LogP contribution in [0.4, 0.5) is 0 Å². The van der Waals surface area contributed by atoms with E-state index in [2.05, 4.69) is 39.6 Å². The minimum absolute atomic E-state index is 0. The van der Waals surface area contributed by atoms with E-state index in [9.17, 15) is 0 Å². The predicted molar refractivity (Wildman–Crippen MR) is 49.1 cm³/mol. The van der Waals surface area contributed by atoms with Gasteiger partial charge in [0.25, 0.3) is 0 Å². The number of nitrogens with zero attached hydrogens (tertiary/aromatic N) is 1. The third-order valence-corrected chi connectivity index (χ3v) is 1.63. The SMILES string of the molecule is CC(C)N(C)C(C)C.P. The molecular weight excluding hydrogens is 129 g/mol. The third kappa shape index (κ3) is 4.87. The highest BCUT2D eigenvalue weighted by atomic mass is 31.0.